The molecule has 1 aromatic carbocycles. The first kappa shape index (κ1) is 14.6. The SMILES string of the molecule is CCCCCCCCC(=O)c1cccc(O)c1O. The molecule has 0 saturated carbocycles. The van der Waals surface area contributed by atoms with Gasteiger partial charge in [-0.05, 0) is 18.6 Å². The molecule has 0 aliphatic rings. The highest BCUT2D eigenvalue weighted by atomic mass is 16.3. The van der Waals surface area contributed by atoms with Crippen LogP contribution in [-0.4, -0.2) is 16.0 Å². The minimum atomic E-state index is -0.298. The second-order valence-electron chi connectivity index (χ2n) is 4.61. The molecule has 0 bridgehead atoms. The molecule has 0 amide bonds. The lowest BCUT2D eigenvalue weighted by Gasteiger charge is -2.05. The topological polar surface area (TPSA) is 57.5 Å². The maximum Gasteiger partial charge on any atom is 0.168 e. The molecule has 0 unspecified atom stereocenters. The van der Waals surface area contributed by atoms with E-state index in [-0.39, 0.29) is 22.8 Å². The van der Waals surface area contributed by atoms with E-state index in [9.17, 15) is 15.0 Å². The predicted molar refractivity (Wildman–Crippen MR) is 72.1 cm³/mol. The lowest BCUT2D eigenvalue weighted by molar-refractivity contribution is 0.0976. The molecule has 0 spiro atoms. The number of rotatable bonds is 8. The smallest absolute Gasteiger partial charge is 0.168 e. The molecule has 3 nitrogen and oxygen atoms in total. The summed E-state index contributed by atoms with van der Waals surface area (Å²) in [6, 6.07) is 4.49. The Balaban J connectivity index is 2.35. The van der Waals surface area contributed by atoms with Gasteiger partial charge >= 0.3 is 0 Å². The van der Waals surface area contributed by atoms with Gasteiger partial charge in [0.2, 0.25) is 0 Å². The number of hydrogen-bond donors (Lipinski definition) is 2. The Morgan fingerprint density at radius 2 is 1.72 bits per heavy atom. The zero-order chi connectivity index (χ0) is 13.4. The second-order valence-corrected chi connectivity index (χ2v) is 4.61. The summed E-state index contributed by atoms with van der Waals surface area (Å²) in [5.41, 5.74) is 0.226. The van der Waals surface area contributed by atoms with Crippen LogP contribution in [0.5, 0.6) is 11.5 Å². The summed E-state index contributed by atoms with van der Waals surface area (Å²) in [5, 5.41) is 18.9. The number of carbonyl (C=O) groups excluding carboxylic acids is 1. The van der Waals surface area contributed by atoms with Crippen LogP contribution in [0, 0.1) is 0 Å². The molecule has 0 aliphatic heterocycles. The average molecular weight is 250 g/mol. The van der Waals surface area contributed by atoms with Crippen LogP contribution in [-0.2, 0) is 0 Å². The van der Waals surface area contributed by atoms with E-state index >= 15 is 0 Å². The van der Waals surface area contributed by atoms with Gasteiger partial charge in [-0.2, -0.15) is 0 Å². The van der Waals surface area contributed by atoms with Crippen LogP contribution in [0.1, 0.15) is 62.2 Å². The Morgan fingerprint density at radius 1 is 1.06 bits per heavy atom. The molecule has 0 atom stereocenters. The van der Waals surface area contributed by atoms with Gasteiger partial charge in [0.15, 0.2) is 17.3 Å². The summed E-state index contributed by atoms with van der Waals surface area (Å²) in [4.78, 5) is 11.8. The van der Waals surface area contributed by atoms with Crippen LogP contribution in [0.3, 0.4) is 0 Å². The van der Waals surface area contributed by atoms with Crippen LogP contribution in [0.25, 0.3) is 0 Å². The number of benzene rings is 1. The van der Waals surface area contributed by atoms with Crippen molar-refractivity contribution < 1.29 is 15.0 Å². The Kier molecular flexibility index (Phi) is 6.26. The van der Waals surface area contributed by atoms with Crippen molar-refractivity contribution in [2.24, 2.45) is 0 Å². The quantitative estimate of drug-likeness (QED) is 0.416. The molecule has 0 saturated heterocycles. The van der Waals surface area contributed by atoms with Crippen molar-refractivity contribution >= 4 is 5.78 Å². The highest BCUT2D eigenvalue weighted by molar-refractivity contribution is 5.99. The first-order chi connectivity index (χ1) is 8.66. The molecule has 0 radical (unpaired) electrons. The number of carbonyl (C=O) groups is 1. The van der Waals surface area contributed by atoms with Crippen LogP contribution in [0.4, 0.5) is 0 Å². The molecular weight excluding hydrogens is 228 g/mol. The fraction of sp³-hybridized carbons (Fsp3) is 0.533. The van der Waals surface area contributed by atoms with E-state index in [4.69, 9.17) is 0 Å². The van der Waals surface area contributed by atoms with Crippen molar-refractivity contribution in [3.8, 4) is 11.5 Å². The third-order valence-electron chi connectivity index (χ3n) is 3.07. The van der Waals surface area contributed by atoms with Gasteiger partial charge in [-0.3, -0.25) is 4.79 Å². The van der Waals surface area contributed by atoms with Gasteiger partial charge in [-0.25, -0.2) is 0 Å². The standard InChI is InChI=1S/C15H22O3/c1-2-3-4-5-6-7-10-13(16)12-9-8-11-14(17)15(12)18/h8-9,11,17-18H,2-7,10H2,1H3. The fourth-order valence-electron chi connectivity index (χ4n) is 1.96. The lowest BCUT2D eigenvalue weighted by Crippen LogP contribution is -1.99. The van der Waals surface area contributed by atoms with Crippen LogP contribution >= 0.6 is 0 Å². The van der Waals surface area contributed by atoms with Gasteiger partial charge in [0.1, 0.15) is 0 Å². The number of Topliss-reactive ketones (excluding diaryl/α,β-unsaturated/α-hetero) is 1. The molecule has 3 heteroatoms. The van der Waals surface area contributed by atoms with Crippen LogP contribution in [0.15, 0.2) is 18.2 Å². The highest BCUT2D eigenvalue weighted by Crippen LogP contribution is 2.29. The summed E-state index contributed by atoms with van der Waals surface area (Å²) in [5.74, 6) is -0.629. The van der Waals surface area contributed by atoms with E-state index < -0.39 is 0 Å². The Bertz CT molecular complexity index is 385. The summed E-state index contributed by atoms with van der Waals surface area (Å²) in [6.45, 7) is 2.17. The van der Waals surface area contributed by atoms with Crippen LogP contribution < -0.4 is 0 Å². The molecule has 0 heterocycles. The zero-order valence-corrected chi connectivity index (χ0v) is 11.0. The molecule has 1 aromatic rings. The number of para-hydroxylation sites is 1. The first-order valence-electron chi connectivity index (χ1n) is 6.71. The van der Waals surface area contributed by atoms with Gasteiger partial charge in [0, 0.05) is 6.42 Å². The number of aromatic hydroxyl groups is 2. The van der Waals surface area contributed by atoms with E-state index in [0.29, 0.717) is 6.42 Å². The average Bonchev–Trinajstić information content (AvgIpc) is 2.36. The third kappa shape index (κ3) is 4.40. The van der Waals surface area contributed by atoms with Gasteiger partial charge in [-0.1, -0.05) is 45.1 Å². The summed E-state index contributed by atoms with van der Waals surface area (Å²) in [7, 11) is 0. The Morgan fingerprint density at radius 3 is 2.44 bits per heavy atom. The van der Waals surface area contributed by atoms with Crippen molar-refractivity contribution in [2.45, 2.75) is 51.9 Å². The van der Waals surface area contributed by atoms with Crippen molar-refractivity contribution in [3.05, 3.63) is 23.8 Å². The maximum absolute atomic E-state index is 11.8. The van der Waals surface area contributed by atoms with Gasteiger partial charge in [0.25, 0.3) is 0 Å². The number of unbranched alkanes of at least 4 members (excludes halogenated alkanes) is 5. The van der Waals surface area contributed by atoms with Crippen molar-refractivity contribution in [1.82, 2.24) is 0 Å². The minimum Gasteiger partial charge on any atom is -0.504 e. The predicted octanol–water partition coefficient (Wildman–Crippen LogP) is 4.03. The van der Waals surface area contributed by atoms with E-state index in [1.165, 1.54) is 25.3 Å². The number of ketones is 1. The summed E-state index contributed by atoms with van der Waals surface area (Å²) in [6.07, 6.45) is 7.18. The first-order valence-corrected chi connectivity index (χ1v) is 6.71. The summed E-state index contributed by atoms with van der Waals surface area (Å²) < 4.78 is 0. The number of hydrogen-bond acceptors (Lipinski definition) is 3. The molecule has 0 fully saturated rings. The van der Waals surface area contributed by atoms with Gasteiger partial charge < -0.3 is 10.2 Å². The molecule has 1 rings (SSSR count). The van der Waals surface area contributed by atoms with Crippen LogP contribution in [0.2, 0.25) is 0 Å². The third-order valence-corrected chi connectivity index (χ3v) is 3.07. The Hall–Kier alpha value is -1.51. The second kappa shape index (κ2) is 7.75. The summed E-state index contributed by atoms with van der Waals surface area (Å²) >= 11 is 0. The number of phenolic OH excluding ortho intramolecular Hbond substituents is 2. The van der Waals surface area contributed by atoms with Crippen molar-refractivity contribution in [2.75, 3.05) is 0 Å². The van der Waals surface area contributed by atoms with Gasteiger partial charge in [0.05, 0.1) is 5.56 Å². The van der Waals surface area contributed by atoms with Gasteiger partial charge in [-0.15, -0.1) is 0 Å². The van der Waals surface area contributed by atoms with E-state index in [1.54, 1.807) is 12.1 Å². The molecule has 0 aliphatic carbocycles. The molecule has 18 heavy (non-hydrogen) atoms. The maximum atomic E-state index is 11.8. The monoisotopic (exact) mass is 250 g/mol. The highest BCUT2D eigenvalue weighted by Gasteiger charge is 2.13. The van der Waals surface area contributed by atoms with Crippen molar-refractivity contribution in [1.29, 1.82) is 0 Å². The van der Waals surface area contributed by atoms with E-state index in [0.717, 1.165) is 19.3 Å². The minimum absolute atomic E-state index is 0.0982. The normalized spacial score (nSPS) is 10.5. The lowest BCUT2D eigenvalue weighted by atomic mass is 10.0. The number of phenols is 2. The zero-order valence-electron chi connectivity index (χ0n) is 11.0. The van der Waals surface area contributed by atoms with E-state index in [2.05, 4.69) is 6.92 Å². The molecular formula is C15H22O3. The largest absolute Gasteiger partial charge is 0.504 e. The van der Waals surface area contributed by atoms with Crippen molar-refractivity contribution in [3.63, 3.8) is 0 Å². The fourth-order valence-corrected chi connectivity index (χ4v) is 1.96. The van der Waals surface area contributed by atoms with E-state index in [1.807, 2.05) is 0 Å². The Labute approximate surface area is 108 Å². The molecule has 100 valence electrons. The molecule has 0 aromatic heterocycles. The molecule has 2 N–H and O–H groups in total.